The third kappa shape index (κ3) is 1.47. The van der Waals surface area contributed by atoms with E-state index in [1.807, 2.05) is 0 Å². The van der Waals surface area contributed by atoms with Gasteiger partial charge in [0.1, 0.15) is 0 Å². The van der Waals surface area contributed by atoms with Gasteiger partial charge in [0.15, 0.2) is 0 Å². The summed E-state index contributed by atoms with van der Waals surface area (Å²) in [5.41, 5.74) is 5.87. The smallest absolute Gasteiger partial charge is 0.0579 e. The fraction of sp³-hybridized carbons (Fsp3) is 0.455. The lowest BCUT2D eigenvalue weighted by Gasteiger charge is -2.10. The van der Waals surface area contributed by atoms with Gasteiger partial charge >= 0.3 is 0 Å². The lowest BCUT2D eigenvalue weighted by atomic mass is 10.0. The average molecular weight is 177 g/mol. The van der Waals surface area contributed by atoms with Crippen LogP contribution in [0, 0.1) is 0 Å². The Morgan fingerprint density at radius 3 is 2.69 bits per heavy atom. The molecule has 2 unspecified atom stereocenters. The van der Waals surface area contributed by atoms with Gasteiger partial charge in [-0.15, -0.1) is 0 Å². The number of hydroxylamine groups is 1. The monoisotopic (exact) mass is 177 g/mol. The molecule has 0 fully saturated rings. The SMILES string of the molecule is CONC1CC(C)c2ccccc21. The van der Waals surface area contributed by atoms with Gasteiger partial charge in [0, 0.05) is 0 Å². The maximum atomic E-state index is 4.98. The maximum Gasteiger partial charge on any atom is 0.0579 e. The first-order valence-electron chi connectivity index (χ1n) is 4.70. The molecule has 0 saturated carbocycles. The van der Waals surface area contributed by atoms with Crippen molar-refractivity contribution in [1.29, 1.82) is 0 Å². The summed E-state index contributed by atoms with van der Waals surface area (Å²) in [6.07, 6.45) is 1.13. The van der Waals surface area contributed by atoms with Crippen molar-refractivity contribution in [3.05, 3.63) is 35.4 Å². The molecule has 2 rings (SSSR count). The number of nitrogens with one attached hydrogen (secondary N) is 1. The molecular weight excluding hydrogens is 162 g/mol. The van der Waals surface area contributed by atoms with Crippen molar-refractivity contribution in [2.24, 2.45) is 0 Å². The molecule has 1 aliphatic carbocycles. The zero-order chi connectivity index (χ0) is 9.26. The Balaban J connectivity index is 2.30. The summed E-state index contributed by atoms with van der Waals surface area (Å²) in [4.78, 5) is 4.98. The molecule has 13 heavy (non-hydrogen) atoms. The van der Waals surface area contributed by atoms with Gasteiger partial charge < -0.3 is 4.84 Å². The van der Waals surface area contributed by atoms with Crippen LogP contribution in [-0.2, 0) is 4.84 Å². The minimum absolute atomic E-state index is 0.371. The van der Waals surface area contributed by atoms with Crippen molar-refractivity contribution in [2.45, 2.75) is 25.3 Å². The zero-order valence-electron chi connectivity index (χ0n) is 8.08. The molecule has 0 spiro atoms. The Hall–Kier alpha value is -0.860. The van der Waals surface area contributed by atoms with Crippen LogP contribution in [0.1, 0.15) is 36.4 Å². The molecule has 2 heteroatoms. The van der Waals surface area contributed by atoms with Gasteiger partial charge in [-0.2, -0.15) is 5.48 Å². The molecule has 70 valence electrons. The van der Waals surface area contributed by atoms with Crippen LogP contribution in [0.25, 0.3) is 0 Å². The predicted molar refractivity (Wildman–Crippen MR) is 52.4 cm³/mol. The van der Waals surface area contributed by atoms with Gasteiger partial charge in [-0.05, 0) is 23.5 Å². The minimum Gasteiger partial charge on any atom is -0.305 e. The quantitative estimate of drug-likeness (QED) is 0.700. The molecule has 2 atom stereocenters. The van der Waals surface area contributed by atoms with Gasteiger partial charge in [-0.3, -0.25) is 0 Å². The Kier molecular flexibility index (Phi) is 2.34. The standard InChI is InChI=1S/C11H15NO/c1-8-7-11(12-13-2)10-6-4-3-5-9(8)10/h3-6,8,11-12H,7H2,1-2H3. The van der Waals surface area contributed by atoms with Crippen LogP contribution in [0.4, 0.5) is 0 Å². The van der Waals surface area contributed by atoms with Crippen molar-refractivity contribution in [2.75, 3.05) is 7.11 Å². The number of fused-ring (bicyclic) bond motifs is 1. The predicted octanol–water partition coefficient (Wildman–Crippen LogP) is 2.39. The molecule has 2 nitrogen and oxygen atoms in total. The summed E-state index contributed by atoms with van der Waals surface area (Å²) in [6, 6.07) is 8.94. The second-order valence-electron chi connectivity index (χ2n) is 3.64. The molecule has 1 aliphatic rings. The summed E-state index contributed by atoms with van der Waals surface area (Å²) in [7, 11) is 1.67. The van der Waals surface area contributed by atoms with E-state index in [4.69, 9.17) is 4.84 Å². The lowest BCUT2D eigenvalue weighted by Crippen LogP contribution is -2.17. The van der Waals surface area contributed by atoms with Crippen LogP contribution in [0.3, 0.4) is 0 Å². The molecule has 1 N–H and O–H groups in total. The first-order chi connectivity index (χ1) is 6.33. The second-order valence-corrected chi connectivity index (χ2v) is 3.64. The van der Waals surface area contributed by atoms with Crippen molar-refractivity contribution < 1.29 is 4.84 Å². The Labute approximate surface area is 78.9 Å². The minimum atomic E-state index is 0.371. The summed E-state index contributed by atoms with van der Waals surface area (Å²) in [6.45, 7) is 2.26. The third-order valence-corrected chi connectivity index (χ3v) is 2.75. The molecule has 0 bridgehead atoms. The van der Waals surface area contributed by atoms with E-state index in [1.54, 1.807) is 7.11 Å². The highest BCUT2D eigenvalue weighted by atomic mass is 16.6. The second kappa shape index (κ2) is 3.48. The Morgan fingerprint density at radius 2 is 2.00 bits per heavy atom. The van der Waals surface area contributed by atoms with Crippen molar-refractivity contribution in [1.82, 2.24) is 5.48 Å². The summed E-state index contributed by atoms with van der Waals surface area (Å²) in [5.74, 6) is 0.642. The number of benzene rings is 1. The van der Waals surface area contributed by atoms with Crippen molar-refractivity contribution >= 4 is 0 Å². The lowest BCUT2D eigenvalue weighted by molar-refractivity contribution is 0.0598. The van der Waals surface area contributed by atoms with Crippen LogP contribution >= 0.6 is 0 Å². The summed E-state index contributed by atoms with van der Waals surface area (Å²) >= 11 is 0. The average Bonchev–Trinajstić information content (AvgIpc) is 2.46. The highest BCUT2D eigenvalue weighted by molar-refractivity contribution is 5.37. The van der Waals surface area contributed by atoms with Crippen LogP contribution in [-0.4, -0.2) is 7.11 Å². The van der Waals surface area contributed by atoms with Gasteiger partial charge in [0.2, 0.25) is 0 Å². The summed E-state index contributed by atoms with van der Waals surface area (Å²) < 4.78 is 0. The van der Waals surface area contributed by atoms with E-state index in [9.17, 15) is 0 Å². The first-order valence-corrected chi connectivity index (χ1v) is 4.70. The molecule has 0 amide bonds. The van der Waals surface area contributed by atoms with Crippen molar-refractivity contribution in [3.63, 3.8) is 0 Å². The van der Waals surface area contributed by atoms with E-state index >= 15 is 0 Å². The highest BCUT2D eigenvalue weighted by Gasteiger charge is 2.27. The first kappa shape index (κ1) is 8.73. The van der Waals surface area contributed by atoms with Crippen LogP contribution in [0.2, 0.25) is 0 Å². The highest BCUT2D eigenvalue weighted by Crippen LogP contribution is 2.39. The zero-order valence-corrected chi connectivity index (χ0v) is 8.08. The van der Waals surface area contributed by atoms with E-state index < -0.39 is 0 Å². The van der Waals surface area contributed by atoms with E-state index in [1.165, 1.54) is 11.1 Å². The molecule has 1 aromatic rings. The fourth-order valence-corrected chi connectivity index (χ4v) is 2.14. The van der Waals surface area contributed by atoms with Crippen molar-refractivity contribution in [3.8, 4) is 0 Å². The molecule has 0 aromatic heterocycles. The normalized spacial score (nSPS) is 26.0. The largest absolute Gasteiger partial charge is 0.305 e. The fourth-order valence-electron chi connectivity index (χ4n) is 2.14. The van der Waals surface area contributed by atoms with E-state index in [2.05, 4.69) is 36.7 Å². The Bertz CT molecular complexity index is 298. The molecule has 0 aliphatic heterocycles. The number of hydrogen-bond acceptors (Lipinski definition) is 2. The van der Waals surface area contributed by atoms with E-state index in [0.29, 0.717) is 12.0 Å². The van der Waals surface area contributed by atoms with E-state index in [0.717, 1.165) is 6.42 Å². The third-order valence-electron chi connectivity index (χ3n) is 2.75. The number of hydrogen-bond donors (Lipinski definition) is 1. The summed E-state index contributed by atoms with van der Waals surface area (Å²) in [5, 5.41) is 0. The topological polar surface area (TPSA) is 21.3 Å². The molecule has 1 aromatic carbocycles. The Morgan fingerprint density at radius 1 is 1.31 bits per heavy atom. The van der Waals surface area contributed by atoms with Gasteiger partial charge in [-0.25, -0.2) is 0 Å². The van der Waals surface area contributed by atoms with Crippen LogP contribution < -0.4 is 5.48 Å². The van der Waals surface area contributed by atoms with Gasteiger partial charge in [0.25, 0.3) is 0 Å². The van der Waals surface area contributed by atoms with Gasteiger partial charge in [-0.1, -0.05) is 31.2 Å². The molecule has 0 saturated heterocycles. The van der Waals surface area contributed by atoms with Gasteiger partial charge in [0.05, 0.1) is 13.2 Å². The molecule has 0 radical (unpaired) electrons. The molecule has 0 heterocycles. The van der Waals surface area contributed by atoms with E-state index in [-0.39, 0.29) is 0 Å². The van der Waals surface area contributed by atoms with Crippen LogP contribution in [0.15, 0.2) is 24.3 Å². The maximum absolute atomic E-state index is 4.98. The van der Waals surface area contributed by atoms with Crippen LogP contribution in [0.5, 0.6) is 0 Å². The number of rotatable bonds is 2. The molecular formula is C11H15NO.